The Morgan fingerprint density at radius 2 is 1.28 bits per heavy atom. The van der Waals surface area contributed by atoms with E-state index in [4.69, 9.17) is 0 Å². The van der Waals surface area contributed by atoms with Crippen LogP contribution in [-0.4, -0.2) is 61.2 Å². The van der Waals surface area contributed by atoms with Crippen molar-refractivity contribution in [2.75, 3.05) is 45.8 Å². The summed E-state index contributed by atoms with van der Waals surface area (Å²) < 4.78 is 0. The number of nitrogens with one attached hydrogen (secondary N) is 1. The molecule has 0 bridgehead atoms. The van der Waals surface area contributed by atoms with Crippen molar-refractivity contribution in [2.24, 2.45) is 0 Å². The van der Waals surface area contributed by atoms with E-state index in [0.717, 1.165) is 19.6 Å². The van der Waals surface area contributed by atoms with Gasteiger partial charge < -0.3 is 15.1 Å². The van der Waals surface area contributed by atoms with Gasteiger partial charge >= 0.3 is 0 Å². The van der Waals surface area contributed by atoms with Crippen molar-refractivity contribution >= 4 is 0 Å². The predicted molar refractivity (Wildman–Crippen MR) is 82.3 cm³/mol. The number of hydrogen-bond donors (Lipinski definition) is 1. The van der Waals surface area contributed by atoms with E-state index < -0.39 is 0 Å². The lowest BCUT2D eigenvalue weighted by Gasteiger charge is -2.26. The first-order valence-corrected chi connectivity index (χ1v) is 7.62. The molecule has 0 saturated carbocycles. The molecule has 0 rings (SSSR count). The lowest BCUT2D eigenvalue weighted by molar-refractivity contribution is 0.238. The highest BCUT2D eigenvalue weighted by atomic mass is 15.2. The second-order valence-corrected chi connectivity index (χ2v) is 5.99. The third kappa shape index (κ3) is 9.86. The molecule has 0 saturated heterocycles. The van der Waals surface area contributed by atoms with E-state index in [9.17, 15) is 0 Å². The van der Waals surface area contributed by atoms with E-state index in [0.29, 0.717) is 0 Å². The summed E-state index contributed by atoms with van der Waals surface area (Å²) >= 11 is 0. The normalized spacial score (nSPS) is 12.7. The molecular formula is C15H35N3. The molecule has 0 aliphatic rings. The molecule has 0 aromatic carbocycles. The summed E-state index contributed by atoms with van der Waals surface area (Å²) in [6.45, 7) is 21.6. The Kier molecular flexibility index (Phi) is 9.70. The van der Waals surface area contributed by atoms with Gasteiger partial charge in [-0.3, -0.25) is 0 Å². The predicted octanol–water partition coefficient (Wildman–Crippen LogP) is 2.43. The fourth-order valence-corrected chi connectivity index (χ4v) is 2.07. The van der Waals surface area contributed by atoms with Gasteiger partial charge in [0.15, 0.2) is 0 Å². The van der Waals surface area contributed by atoms with Crippen LogP contribution in [0.1, 0.15) is 48.0 Å². The second-order valence-electron chi connectivity index (χ2n) is 5.99. The van der Waals surface area contributed by atoms with Crippen LogP contribution >= 0.6 is 0 Å². The number of hydrogen-bond acceptors (Lipinski definition) is 3. The molecule has 3 heteroatoms. The minimum Gasteiger partial charge on any atom is -0.311 e. The Balaban J connectivity index is 3.70. The topological polar surface area (TPSA) is 18.5 Å². The SMILES string of the molecule is CCN(CC)CCCN(CC)CCNC(C)(C)C. The molecule has 1 N–H and O–H groups in total. The lowest BCUT2D eigenvalue weighted by Crippen LogP contribution is -2.42. The monoisotopic (exact) mass is 257 g/mol. The van der Waals surface area contributed by atoms with Gasteiger partial charge in [-0.05, 0) is 59.9 Å². The number of nitrogens with zero attached hydrogens (tertiary/aromatic N) is 2. The Morgan fingerprint density at radius 1 is 0.778 bits per heavy atom. The minimum absolute atomic E-state index is 0.237. The van der Waals surface area contributed by atoms with Crippen molar-refractivity contribution < 1.29 is 0 Å². The Hall–Kier alpha value is -0.120. The van der Waals surface area contributed by atoms with Crippen molar-refractivity contribution in [3.8, 4) is 0 Å². The molecule has 3 nitrogen and oxygen atoms in total. The molecule has 0 amide bonds. The number of rotatable bonds is 10. The van der Waals surface area contributed by atoms with Crippen LogP contribution in [0, 0.1) is 0 Å². The maximum absolute atomic E-state index is 3.56. The Bertz CT molecular complexity index is 183. The first-order chi connectivity index (χ1) is 8.42. The van der Waals surface area contributed by atoms with Crippen LogP contribution < -0.4 is 5.32 Å². The summed E-state index contributed by atoms with van der Waals surface area (Å²) in [7, 11) is 0. The highest BCUT2D eigenvalue weighted by Gasteiger charge is 2.09. The molecule has 0 fully saturated rings. The van der Waals surface area contributed by atoms with Crippen LogP contribution in [0.3, 0.4) is 0 Å². The first-order valence-electron chi connectivity index (χ1n) is 7.62. The summed E-state index contributed by atoms with van der Waals surface area (Å²) in [6.07, 6.45) is 1.28. The summed E-state index contributed by atoms with van der Waals surface area (Å²) in [4.78, 5) is 5.05. The summed E-state index contributed by atoms with van der Waals surface area (Å²) in [5.74, 6) is 0. The van der Waals surface area contributed by atoms with E-state index in [2.05, 4.69) is 56.7 Å². The highest BCUT2D eigenvalue weighted by molar-refractivity contribution is 4.71. The van der Waals surface area contributed by atoms with Gasteiger partial charge in [0.1, 0.15) is 0 Å². The highest BCUT2D eigenvalue weighted by Crippen LogP contribution is 1.99. The molecule has 0 atom stereocenters. The van der Waals surface area contributed by atoms with Gasteiger partial charge in [-0.1, -0.05) is 20.8 Å². The molecule has 0 spiro atoms. The first kappa shape index (κ1) is 17.9. The van der Waals surface area contributed by atoms with Gasteiger partial charge in [0.2, 0.25) is 0 Å². The van der Waals surface area contributed by atoms with Crippen molar-refractivity contribution in [2.45, 2.75) is 53.5 Å². The van der Waals surface area contributed by atoms with Crippen molar-refractivity contribution in [1.82, 2.24) is 15.1 Å². The Morgan fingerprint density at radius 3 is 1.72 bits per heavy atom. The van der Waals surface area contributed by atoms with Crippen LogP contribution in [0.4, 0.5) is 0 Å². The van der Waals surface area contributed by atoms with E-state index in [1.165, 1.54) is 32.6 Å². The van der Waals surface area contributed by atoms with Gasteiger partial charge in [0.25, 0.3) is 0 Å². The van der Waals surface area contributed by atoms with Crippen molar-refractivity contribution in [3.05, 3.63) is 0 Å². The van der Waals surface area contributed by atoms with Crippen LogP contribution in [0.2, 0.25) is 0 Å². The van der Waals surface area contributed by atoms with E-state index in [1.807, 2.05) is 0 Å². The largest absolute Gasteiger partial charge is 0.311 e. The molecule has 0 heterocycles. The van der Waals surface area contributed by atoms with E-state index >= 15 is 0 Å². The molecule has 0 unspecified atom stereocenters. The maximum Gasteiger partial charge on any atom is 0.0107 e. The minimum atomic E-state index is 0.237. The zero-order valence-corrected chi connectivity index (χ0v) is 13.6. The zero-order valence-electron chi connectivity index (χ0n) is 13.6. The van der Waals surface area contributed by atoms with Gasteiger partial charge in [-0.25, -0.2) is 0 Å². The third-order valence-electron chi connectivity index (χ3n) is 3.37. The molecule has 0 aromatic rings. The fraction of sp³-hybridized carbons (Fsp3) is 1.00. The smallest absolute Gasteiger partial charge is 0.0107 e. The average molecular weight is 257 g/mol. The van der Waals surface area contributed by atoms with Crippen LogP contribution in [0.25, 0.3) is 0 Å². The summed E-state index contributed by atoms with van der Waals surface area (Å²) in [6, 6.07) is 0. The van der Waals surface area contributed by atoms with Crippen molar-refractivity contribution in [1.29, 1.82) is 0 Å². The molecule has 0 aliphatic carbocycles. The zero-order chi connectivity index (χ0) is 14.0. The van der Waals surface area contributed by atoms with Gasteiger partial charge in [-0.2, -0.15) is 0 Å². The second kappa shape index (κ2) is 9.76. The molecule has 0 radical (unpaired) electrons. The van der Waals surface area contributed by atoms with Crippen LogP contribution in [0.15, 0.2) is 0 Å². The van der Waals surface area contributed by atoms with Gasteiger partial charge in [0, 0.05) is 18.6 Å². The number of likely N-dealkylation sites (N-methyl/N-ethyl adjacent to an activating group) is 1. The molecule has 0 aromatic heterocycles. The van der Waals surface area contributed by atoms with Crippen LogP contribution in [-0.2, 0) is 0 Å². The quantitative estimate of drug-likeness (QED) is 0.648. The molecule has 110 valence electrons. The van der Waals surface area contributed by atoms with Crippen molar-refractivity contribution in [3.63, 3.8) is 0 Å². The average Bonchev–Trinajstić information content (AvgIpc) is 2.31. The lowest BCUT2D eigenvalue weighted by atomic mass is 10.1. The standard InChI is InChI=1S/C15H35N3/c1-7-17(8-2)12-10-13-18(9-3)14-11-16-15(4,5)6/h16H,7-14H2,1-6H3. The van der Waals surface area contributed by atoms with Gasteiger partial charge in [-0.15, -0.1) is 0 Å². The molecule has 18 heavy (non-hydrogen) atoms. The molecule has 0 aliphatic heterocycles. The third-order valence-corrected chi connectivity index (χ3v) is 3.37. The fourth-order valence-electron chi connectivity index (χ4n) is 2.07. The Labute approximate surface area is 115 Å². The maximum atomic E-state index is 3.56. The van der Waals surface area contributed by atoms with E-state index in [1.54, 1.807) is 0 Å². The van der Waals surface area contributed by atoms with Gasteiger partial charge in [0.05, 0.1) is 0 Å². The molecular weight excluding hydrogens is 222 g/mol. The van der Waals surface area contributed by atoms with E-state index in [-0.39, 0.29) is 5.54 Å². The summed E-state index contributed by atoms with van der Waals surface area (Å²) in [5.41, 5.74) is 0.237. The summed E-state index contributed by atoms with van der Waals surface area (Å²) in [5, 5.41) is 3.56. The van der Waals surface area contributed by atoms with Crippen LogP contribution in [0.5, 0.6) is 0 Å².